The van der Waals surface area contributed by atoms with Crippen molar-refractivity contribution in [1.29, 1.82) is 0 Å². The van der Waals surface area contributed by atoms with E-state index in [1.165, 1.54) is 21.8 Å². The number of fused-ring (bicyclic) bond motifs is 3. The van der Waals surface area contributed by atoms with Crippen LogP contribution in [0.4, 0.5) is 0 Å². The van der Waals surface area contributed by atoms with E-state index in [1.54, 1.807) is 0 Å². The van der Waals surface area contributed by atoms with Crippen LogP contribution in [0.3, 0.4) is 0 Å². The first-order valence-corrected chi connectivity index (χ1v) is 10.7. The van der Waals surface area contributed by atoms with Gasteiger partial charge in [0, 0.05) is 20.9 Å². The van der Waals surface area contributed by atoms with E-state index < -0.39 is 0 Å². The summed E-state index contributed by atoms with van der Waals surface area (Å²) in [4.78, 5) is 0. The van der Waals surface area contributed by atoms with Gasteiger partial charge in [-0.3, -0.25) is 0 Å². The van der Waals surface area contributed by atoms with Crippen molar-refractivity contribution in [3.63, 3.8) is 0 Å². The summed E-state index contributed by atoms with van der Waals surface area (Å²) < 4.78 is 9.49. The van der Waals surface area contributed by atoms with Gasteiger partial charge in [0.25, 0.3) is 0 Å². The van der Waals surface area contributed by atoms with Crippen molar-refractivity contribution in [3.05, 3.63) is 113 Å². The highest BCUT2D eigenvalue weighted by Crippen LogP contribution is 2.34. The van der Waals surface area contributed by atoms with Crippen LogP contribution >= 0.6 is 15.9 Å². The monoisotopic (exact) mass is 453 g/mol. The molecule has 146 valence electrons. The van der Waals surface area contributed by atoms with Crippen molar-refractivity contribution in [2.24, 2.45) is 0 Å². The molecule has 4 aromatic carbocycles. The van der Waals surface area contributed by atoms with Crippen LogP contribution in [0.15, 0.2) is 102 Å². The molecule has 3 heteroatoms. The Kier molecular flexibility index (Phi) is 4.89. The second-order valence-corrected chi connectivity index (χ2v) is 8.16. The SMILES string of the molecule is C=Cc1ccc(COc2ccc3c(c2)c2ccccc2n3-c2ccc(Br)cc2)cc1. The van der Waals surface area contributed by atoms with E-state index in [-0.39, 0.29) is 0 Å². The van der Waals surface area contributed by atoms with Crippen molar-refractivity contribution in [2.45, 2.75) is 6.61 Å². The fraction of sp³-hybridized carbons (Fsp3) is 0.0370. The summed E-state index contributed by atoms with van der Waals surface area (Å²) in [6.45, 7) is 4.34. The smallest absolute Gasteiger partial charge is 0.120 e. The Balaban J connectivity index is 1.55. The van der Waals surface area contributed by atoms with E-state index in [0.29, 0.717) is 6.61 Å². The third-order valence-electron chi connectivity index (χ3n) is 5.35. The van der Waals surface area contributed by atoms with Crippen molar-refractivity contribution >= 4 is 43.8 Å². The maximum absolute atomic E-state index is 6.11. The van der Waals surface area contributed by atoms with Crippen molar-refractivity contribution in [3.8, 4) is 11.4 Å². The van der Waals surface area contributed by atoms with E-state index in [0.717, 1.165) is 27.0 Å². The van der Waals surface area contributed by atoms with Gasteiger partial charge in [0.1, 0.15) is 12.4 Å². The number of halogens is 1. The van der Waals surface area contributed by atoms with Crippen LogP contribution in [0.5, 0.6) is 5.75 Å². The number of nitrogens with zero attached hydrogens (tertiary/aromatic N) is 1. The standard InChI is InChI=1S/C27H20BrNO/c1-2-19-7-9-20(10-8-19)18-30-23-15-16-27-25(17-23)24-5-3-4-6-26(24)29(27)22-13-11-21(28)12-14-22/h2-17H,1,18H2. The first-order valence-electron chi connectivity index (χ1n) is 9.86. The largest absolute Gasteiger partial charge is 0.489 e. The van der Waals surface area contributed by atoms with Crippen LogP contribution in [-0.4, -0.2) is 4.57 Å². The summed E-state index contributed by atoms with van der Waals surface area (Å²) in [5.41, 5.74) is 5.74. The summed E-state index contributed by atoms with van der Waals surface area (Å²) in [7, 11) is 0. The molecule has 0 saturated carbocycles. The summed E-state index contributed by atoms with van der Waals surface area (Å²) in [6.07, 6.45) is 1.85. The lowest BCUT2D eigenvalue weighted by Gasteiger charge is -2.09. The number of benzene rings is 4. The van der Waals surface area contributed by atoms with Crippen molar-refractivity contribution in [2.75, 3.05) is 0 Å². The normalized spacial score (nSPS) is 11.1. The zero-order chi connectivity index (χ0) is 20.5. The van der Waals surface area contributed by atoms with Gasteiger partial charge < -0.3 is 9.30 Å². The van der Waals surface area contributed by atoms with E-state index in [1.807, 2.05) is 6.08 Å². The molecule has 0 unspecified atom stereocenters. The summed E-state index contributed by atoms with van der Waals surface area (Å²) >= 11 is 3.53. The number of ether oxygens (including phenoxy) is 1. The highest BCUT2D eigenvalue weighted by atomic mass is 79.9. The molecule has 0 atom stereocenters. The van der Waals surface area contributed by atoms with Crippen LogP contribution in [0, 0.1) is 0 Å². The molecule has 0 aliphatic rings. The molecule has 0 aliphatic carbocycles. The lowest BCUT2D eigenvalue weighted by atomic mass is 10.1. The summed E-state index contributed by atoms with van der Waals surface area (Å²) in [5.74, 6) is 0.869. The lowest BCUT2D eigenvalue weighted by molar-refractivity contribution is 0.306. The maximum atomic E-state index is 6.11. The molecule has 0 saturated heterocycles. The quantitative estimate of drug-likeness (QED) is 0.265. The highest BCUT2D eigenvalue weighted by Gasteiger charge is 2.12. The van der Waals surface area contributed by atoms with Crippen LogP contribution < -0.4 is 4.74 Å². The molecule has 0 amide bonds. The second kappa shape index (κ2) is 7.85. The number of rotatable bonds is 5. The van der Waals surface area contributed by atoms with Gasteiger partial charge in [-0.25, -0.2) is 0 Å². The van der Waals surface area contributed by atoms with E-state index in [9.17, 15) is 0 Å². The number of aromatic nitrogens is 1. The minimum absolute atomic E-state index is 0.536. The van der Waals surface area contributed by atoms with E-state index in [4.69, 9.17) is 4.74 Å². The first kappa shape index (κ1) is 18.7. The Labute approximate surface area is 184 Å². The predicted octanol–water partition coefficient (Wildman–Crippen LogP) is 7.77. The predicted molar refractivity (Wildman–Crippen MR) is 129 cm³/mol. The Morgan fingerprint density at radius 1 is 0.800 bits per heavy atom. The Morgan fingerprint density at radius 2 is 1.53 bits per heavy atom. The maximum Gasteiger partial charge on any atom is 0.120 e. The van der Waals surface area contributed by atoms with Gasteiger partial charge in [-0.1, -0.05) is 71.0 Å². The zero-order valence-electron chi connectivity index (χ0n) is 16.4. The minimum atomic E-state index is 0.536. The van der Waals surface area contributed by atoms with Crippen LogP contribution in [0.25, 0.3) is 33.6 Å². The molecule has 5 rings (SSSR count). The Bertz CT molecular complexity index is 1350. The third kappa shape index (κ3) is 3.42. The second-order valence-electron chi connectivity index (χ2n) is 7.24. The van der Waals surface area contributed by atoms with Gasteiger partial charge in [0.05, 0.1) is 11.0 Å². The van der Waals surface area contributed by atoms with Gasteiger partial charge in [-0.15, -0.1) is 0 Å². The van der Waals surface area contributed by atoms with E-state index >= 15 is 0 Å². The topological polar surface area (TPSA) is 14.2 Å². The highest BCUT2D eigenvalue weighted by molar-refractivity contribution is 9.10. The summed E-state index contributed by atoms with van der Waals surface area (Å²) in [6, 6.07) is 31.5. The molecule has 0 aliphatic heterocycles. The molecule has 0 bridgehead atoms. The van der Waals surface area contributed by atoms with Gasteiger partial charge in [-0.2, -0.15) is 0 Å². The molecular weight excluding hydrogens is 434 g/mol. The molecule has 0 radical (unpaired) electrons. The minimum Gasteiger partial charge on any atom is -0.489 e. The Morgan fingerprint density at radius 3 is 2.30 bits per heavy atom. The van der Waals surface area contributed by atoms with Crippen LogP contribution in [0.2, 0.25) is 0 Å². The van der Waals surface area contributed by atoms with Gasteiger partial charge in [0.2, 0.25) is 0 Å². The lowest BCUT2D eigenvalue weighted by Crippen LogP contribution is -1.96. The van der Waals surface area contributed by atoms with Gasteiger partial charge in [0.15, 0.2) is 0 Å². The summed E-state index contributed by atoms with van der Waals surface area (Å²) in [5, 5.41) is 2.41. The number of hydrogen-bond acceptors (Lipinski definition) is 1. The molecule has 30 heavy (non-hydrogen) atoms. The van der Waals surface area contributed by atoms with Crippen molar-refractivity contribution in [1.82, 2.24) is 4.57 Å². The molecule has 5 aromatic rings. The van der Waals surface area contributed by atoms with Crippen LogP contribution in [-0.2, 0) is 6.61 Å². The third-order valence-corrected chi connectivity index (χ3v) is 5.88. The molecule has 0 fully saturated rings. The van der Waals surface area contributed by atoms with Gasteiger partial charge in [-0.05, 0) is 59.7 Å². The molecule has 1 heterocycles. The number of para-hydroxylation sites is 1. The van der Waals surface area contributed by atoms with E-state index in [2.05, 4.69) is 118 Å². The van der Waals surface area contributed by atoms with Gasteiger partial charge >= 0.3 is 0 Å². The molecule has 0 N–H and O–H groups in total. The van der Waals surface area contributed by atoms with Crippen LogP contribution in [0.1, 0.15) is 11.1 Å². The Hall–Kier alpha value is -3.30. The fourth-order valence-electron chi connectivity index (χ4n) is 3.83. The average molecular weight is 454 g/mol. The average Bonchev–Trinajstić information content (AvgIpc) is 3.12. The first-order chi connectivity index (χ1) is 14.7. The molecule has 1 aromatic heterocycles. The molecule has 0 spiro atoms. The molecule has 2 nitrogen and oxygen atoms in total. The fourth-order valence-corrected chi connectivity index (χ4v) is 4.09. The number of hydrogen-bond donors (Lipinski definition) is 0. The molecular formula is C27H20BrNO. The zero-order valence-corrected chi connectivity index (χ0v) is 18.0. The van der Waals surface area contributed by atoms with Crippen molar-refractivity contribution < 1.29 is 4.74 Å².